The van der Waals surface area contributed by atoms with E-state index in [4.69, 9.17) is 4.74 Å². The van der Waals surface area contributed by atoms with E-state index in [0.29, 0.717) is 13.0 Å². The van der Waals surface area contributed by atoms with Crippen molar-refractivity contribution >= 4 is 12.1 Å². The minimum absolute atomic E-state index is 0.238. The molecule has 0 unspecified atom stereocenters. The van der Waals surface area contributed by atoms with Crippen LogP contribution < -0.4 is 5.32 Å². The lowest BCUT2D eigenvalue weighted by atomic mass is 10.2. The first-order valence-electron chi connectivity index (χ1n) is 5.12. The van der Waals surface area contributed by atoms with Crippen molar-refractivity contribution in [2.75, 3.05) is 6.54 Å². The van der Waals surface area contributed by atoms with Crippen LogP contribution in [0.1, 0.15) is 33.6 Å². The highest BCUT2D eigenvalue weighted by atomic mass is 16.6. The standard InChI is InChI=1S/C11H19NO4/c1-5-15-9(13)7-6-8-12-10(14)16-11(2,3)4/h5H,1,6-8H2,2-4H3,(H,12,14). The number of carbonyl (C=O) groups is 2. The zero-order valence-corrected chi connectivity index (χ0v) is 10.0. The lowest BCUT2D eigenvalue weighted by Crippen LogP contribution is -2.33. The van der Waals surface area contributed by atoms with Crippen LogP contribution in [0, 0.1) is 0 Å². The summed E-state index contributed by atoms with van der Waals surface area (Å²) in [7, 11) is 0. The van der Waals surface area contributed by atoms with Crippen molar-refractivity contribution in [2.45, 2.75) is 39.2 Å². The predicted octanol–water partition coefficient (Wildman–Crippen LogP) is 1.98. The Morgan fingerprint density at radius 1 is 1.38 bits per heavy atom. The average molecular weight is 229 g/mol. The molecule has 0 aromatic heterocycles. The molecule has 0 aromatic carbocycles. The summed E-state index contributed by atoms with van der Waals surface area (Å²) in [5.74, 6) is -0.360. The molecule has 92 valence electrons. The van der Waals surface area contributed by atoms with Crippen molar-refractivity contribution in [1.29, 1.82) is 0 Å². The predicted molar refractivity (Wildman–Crippen MR) is 59.8 cm³/mol. The molecule has 0 aliphatic heterocycles. The number of nitrogens with one attached hydrogen (secondary N) is 1. The van der Waals surface area contributed by atoms with E-state index >= 15 is 0 Å². The molecular weight excluding hydrogens is 210 g/mol. The van der Waals surface area contributed by atoms with E-state index in [2.05, 4.69) is 16.6 Å². The minimum atomic E-state index is -0.508. The molecule has 0 fully saturated rings. The second-order valence-electron chi connectivity index (χ2n) is 4.19. The summed E-state index contributed by atoms with van der Waals surface area (Å²) in [6, 6.07) is 0. The van der Waals surface area contributed by atoms with E-state index < -0.39 is 11.7 Å². The smallest absolute Gasteiger partial charge is 0.407 e. The summed E-state index contributed by atoms with van der Waals surface area (Å²) in [6.07, 6.45) is 1.35. The minimum Gasteiger partial charge on any atom is -0.444 e. The van der Waals surface area contributed by atoms with Crippen LogP contribution in [-0.4, -0.2) is 24.2 Å². The monoisotopic (exact) mass is 229 g/mol. The molecule has 0 aliphatic rings. The molecule has 0 heterocycles. The molecule has 1 amide bonds. The van der Waals surface area contributed by atoms with Crippen LogP contribution >= 0.6 is 0 Å². The lowest BCUT2D eigenvalue weighted by Gasteiger charge is -2.19. The molecule has 1 N–H and O–H groups in total. The lowest BCUT2D eigenvalue weighted by molar-refractivity contribution is -0.138. The number of alkyl carbamates (subject to hydrolysis) is 1. The highest BCUT2D eigenvalue weighted by Gasteiger charge is 2.15. The summed E-state index contributed by atoms with van der Waals surface area (Å²) >= 11 is 0. The van der Waals surface area contributed by atoms with Gasteiger partial charge in [-0.05, 0) is 27.2 Å². The van der Waals surface area contributed by atoms with Crippen LogP contribution in [0.15, 0.2) is 12.8 Å². The van der Waals surface area contributed by atoms with Crippen molar-refractivity contribution in [3.63, 3.8) is 0 Å². The topological polar surface area (TPSA) is 64.6 Å². The largest absolute Gasteiger partial charge is 0.444 e. The second-order valence-corrected chi connectivity index (χ2v) is 4.19. The maximum atomic E-state index is 11.2. The molecule has 0 bridgehead atoms. The number of amides is 1. The molecule has 5 nitrogen and oxygen atoms in total. The van der Waals surface area contributed by atoms with Gasteiger partial charge >= 0.3 is 12.1 Å². The van der Waals surface area contributed by atoms with Crippen LogP contribution in [0.2, 0.25) is 0 Å². The Morgan fingerprint density at radius 2 is 2.00 bits per heavy atom. The van der Waals surface area contributed by atoms with Gasteiger partial charge in [-0.15, -0.1) is 0 Å². The maximum absolute atomic E-state index is 11.2. The van der Waals surface area contributed by atoms with E-state index in [1.165, 1.54) is 0 Å². The van der Waals surface area contributed by atoms with Gasteiger partial charge in [0.25, 0.3) is 0 Å². The Bertz CT molecular complexity index is 255. The van der Waals surface area contributed by atoms with E-state index in [1.54, 1.807) is 20.8 Å². The molecule has 5 heteroatoms. The fourth-order valence-electron chi connectivity index (χ4n) is 0.889. The van der Waals surface area contributed by atoms with Crippen molar-refractivity contribution < 1.29 is 19.1 Å². The van der Waals surface area contributed by atoms with Crippen LogP contribution in [0.25, 0.3) is 0 Å². The molecule has 0 rings (SSSR count). The van der Waals surface area contributed by atoms with Crippen molar-refractivity contribution in [3.05, 3.63) is 12.8 Å². The van der Waals surface area contributed by atoms with Gasteiger partial charge in [0.05, 0.1) is 6.26 Å². The van der Waals surface area contributed by atoms with Gasteiger partial charge in [-0.3, -0.25) is 4.79 Å². The fourth-order valence-corrected chi connectivity index (χ4v) is 0.889. The van der Waals surface area contributed by atoms with Gasteiger partial charge in [-0.2, -0.15) is 0 Å². The number of ether oxygens (including phenoxy) is 2. The highest BCUT2D eigenvalue weighted by molar-refractivity contribution is 5.70. The maximum Gasteiger partial charge on any atom is 0.407 e. The Labute approximate surface area is 95.8 Å². The molecule has 0 atom stereocenters. The number of carbonyl (C=O) groups excluding carboxylic acids is 2. The van der Waals surface area contributed by atoms with Crippen molar-refractivity contribution in [2.24, 2.45) is 0 Å². The Kier molecular flexibility index (Phi) is 6.22. The Hall–Kier alpha value is -1.52. The van der Waals surface area contributed by atoms with Crippen molar-refractivity contribution in [3.8, 4) is 0 Å². The third-order valence-electron chi connectivity index (χ3n) is 1.44. The van der Waals surface area contributed by atoms with Gasteiger partial charge in [-0.25, -0.2) is 4.79 Å². The number of hydrogen-bond donors (Lipinski definition) is 1. The molecule has 0 aromatic rings. The number of rotatable bonds is 5. The van der Waals surface area contributed by atoms with E-state index in [1.807, 2.05) is 0 Å². The van der Waals surface area contributed by atoms with Crippen molar-refractivity contribution in [1.82, 2.24) is 5.32 Å². The second kappa shape index (κ2) is 6.87. The fraction of sp³-hybridized carbons (Fsp3) is 0.636. The van der Waals surface area contributed by atoms with Crippen LogP contribution in [0.3, 0.4) is 0 Å². The first-order valence-corrected chi connectivity index (χ1v) is 5.12. The molecular formula is C11H19NO4. The van der Waals surface area contributed by atoms with E-state index in [9.17, 15) is 9.59 Å². The normalized spacial score (nSPS) is 10.4. The van der Waals surface area contributed by atoms with E-state index in [-0.39, 0.29) is 12.4 Å². The van der Waals surface area contributed by atoms with Gasteiger partial charge in [0.15, 0.2) is 0 Å². The first-order chi connectivity index (χ1) is 7.35. The quantitative estimate of drug-likeness (QED) is 0.445. The Balaban J connectivity index is 3.56. The molecule has 0 spiro atoms. The summed E-state index contributed by atoms with van der Waals surface area (Å²) in [4.78, 5) is 22.0. The molecule has 0 radical (unpaired) electrons. The van der Waals surface area contributed by atoms with Crippen LogP contribution in [-0.2, 0) is 14.3 Å². The Morgan fingerprint density at radius 3 is 2.50 bits per heavy atom. The average Bonchev–Trinajstić information content (AvgIpc) is 2.10. The highest BCUT2D eigenvalue weighted by Crippen LogP contribution is 2.06. The third-order valence-corrected chi connectivity index (χ3v) is 1.44. The van der Waals surface area contributed by atoms with Gasteiger partial charge in [0.1, 0.15) is 5.60 Å². The van der Waals surface area contributed by atoms with Gasteiger partial charge in [0.2, 0.25) is 0 Å². The zero-order chi connectivity index (χ0) is 12.6. The third kappa shape index (κ3) is 9.05. The molecule has 0 saturated heterocycles. The molecule has 16 heavy (non-hydrogen) atoms. The summed E-state index contributed by atoms with van der Waals surface area (Å²) in [5.41, 5.74) is -0.508. The molecule has 0 saturated carbocycles. The summed E-state index contributed by atoms with van der Waals surface area (Å²) in [6.45, 7) is 9.00. The molecule has 0 aliphatic carbocycles. The van der Waals surface area contributed by atoms with E-state index in [0.717, 1.165) is 6.26 Å². The van der Waals surface area contributed by atoms with Gasteiger partial charge < -0.3 is 14.8 Å². The summed E-state index contributed by atoms with van der Waals surface area (Å²) < 4.78 is 9.52. The first kappa shape index (κ1) is 14.5. The number of esters is 1. The zero-order valence-electron chi connectivity index (χ0n) is 10.0. The van der Waals surface area contributed by atoms with Crippen LogP contribution in [0.4, 0.5) is 4.79 Å². The summed E-state index contributed by atoms with van der Waals surface area (Å²) in [5, 5.41) is 2.54. The SMILES string of the molecule is C=COC(=O)CCCNC(=O)OC(C)(C)C. The van der Waals surface area contributed by atoms with Gasteiger partial charge in [-0.1, -0.05) is 6.58 Å². The van der Waals surface area contributed by atoms with Gasteiger partial charge in [0, 0.05) is 13.0 Å². The van der Waals surface area contributed by atoms with Crippen LogP contribution in [0.5, 0.6) is 0 Å². The number of hydrogen-bond acceptors (Lipinski definition) is 4.